The summed E-state index contributed by atoms with van der Waals surface area (Å²) in [5.74, 6) is -0.0746. The van der Waals surface area contributed by atoms with Crippen molar-refractivity contribution in [2.45, 2.75) is 52.7 Å². The molecule has 0 spiro atoms. The molecular weight excluding hydrogens is 423 g/mol. The van der Waals surface area contributed by atoms with E-state index in [-0.39, 0.29) is 12.5 Å². The number of ether oxygens (including phenoxy) is 2. The first kappa shape index (κ1) is 26.2. The molecule has 0 bridgehead atoms. The maximum atomic E-state index is 12.3. The number of hydrogen-bond acceptors (Lipinski definition) is 6. The molecule has 1 unspecified atom stereocenters. The lowest BCUT2D eigenvalue weighted by atomic mass is 9.78. The van der Waals surface area contributed by atoms with Gasteiger partial charge in [-0.1, -0.05) is 37.3 Å². The van der Waals surface area contributed by atoms with Gasteiger partial charge in [0, 0.05) is 25.2 Å². The lowest BCUT2D eigenvalue weighted by Gasteiger charge is -2.24. The number of carbonyl (C=O) groups is 2. The van der Waals surface area contributed by atoms with E-state index in [2.05, 4.69) is 5.32 Å². The first-order valence-electron chi connectivity index (χ1n) is 10.8. The molecule has 0 aliphatic carbocycles. The third-order valence-corrected chi connectivity index (χ3v) is 4.89. The van der Waals surface area contributed by atoms with E-state index < -0.39 is 24.9 Å². The molecule has 0 saturated carbocycles. The zero-order chi connectivity index (χ0) is 24.8. The minimum atomic E-state index is -1.52. The van der Waals surface area contributed by atoms with Gasteiger partial charge in [0.15, 0.2) is 0 Å². The Morgan fingerprint density at radius 3 is 2.45 bits per heavy atom. The van der Waals surface area contributed by atoms with Crippen molar-refractivity contribution in [3.63, 3.8) is 0 Å². The van der Waals surface area contributed by atoms with Crippen LogP contribution in [0.5, 0.6) is 0 Å². The fourth-order valence-corrected chi connectivity index (χ4v) is 3.28. The molecule has 0 radical (unpaired) electrons. The Bertz CT molecular complexity index is 974. The molecule has 2 aromatic carbocycles. The van der Waals surface area contributed by atoms with Crippen LogP contribution in [-0.2, 0) is 16.0 Å². The van der Waals surface area contributed by atoms with Gasteiger partial charge in [0.2, 0.25) is 0 Å². The highest BCUT2D eigenvalue weighted by molar-refractivity contribution is 6.58. The highest BCUT2D eigenvalue weighted by Crippen LogP contribution is 2.20. The van der Waals surface area contributed by atoms with Gasteiger partial charge in [-0.2, -0.15) is 0 Å². The normalized spacial score (nSPS) is 12.0. The molecule has 33 heavy (non-hydrogen) atoms. The van der Waals surface area contributed by atoms with Gasteiger partial charge >= 0.3 is 19.3 Å². The fourth-order valence-electron chi connectivity index (χ4n) is 3.28. The van der Waals surface area contributed by atoms with Crippen LogP contribution in [0.2, 0.25) is 0 Å². The Kier molecular flexibility index (Phi) is 8.90. The van der Waals surface area contributed by atoms with Crippen molar-refractivity contribution in [3.05, 3.63) is 59.2 Å². The van der Waals surface area contributed by atoms with Crippen molar-refractivity contribution in [1.29, 1.82) is 0 Å². The highest BCUT2D eigenvalue weighted by atomic mass is 16.6. The summed E-state index contributed by atoms with van der Waals surface area (Å²) in [6, 6.07) is 12.3. The Hall–Kier alpha value is -3.04. The topological polar surface area (TPSA) is 108 Å². The van der Waals surface area contributed by atoms with Crippen LogP contribution in [-0.4, -0.2) is 53.5 Å². The molecule has 2 rings (SSSR count). The fraction of sp³-hybridized carbons (Fsp3) is 0.417. The van der Waals surface area contributed by atoms with E-state index in [4.69, 9.17) is 9.47 Å². The molecule has 9 heteroatoms. The minimum absolute atomic E-state index is 0.0746. The monoisotopic (exact) mass is 456 g/mol. The van der Waals surface area contributed by atoms with Gasteiger partial charge in [0.25, 0.3) is 0 Å². The molecule has 0 heterocycles. The van der Waals surface area contributed by atoms with Gasteiger partial charge in [0.1, 0.15) is 5.60 Å². The molecular formula is C24H33BN2O6. The first-order chi connectivity index (χ1) is 15.4. The zero-order valence-electron chi connectivity index (χ0n) is 20.1. The number of nitrogens with one attached hydrogen (secondary N) is 1. The van der Waals surface area contributed by atoms with Gasteiger partial charge < -0.3 is 24.4 Å². The minimum Gasteiger partial charge on any atom is -0.449 e. The van der Waals surface area contributed by atoms with E-state index in [1.165, 1.54) is 4.90 Å². The van der Waals surface area contributed by atoms with E-state index in [0.29, 0.717) is 17.7 Å². The number of hydrogen-bond donors (Lipinski definition) is 3. The summed E-state index contributed by atoms with van der Waals surface area (Å²) in [7, 11) is 0.134. The number of anilines is 1. The van der Waals surface area contributed by atoms with E-state index >= 15 is 0 Å². The lowest BCUT2D eigenvalue weighted by Crippen LogP contribution is -2.33. The van der Waals surface area contributed by atoms with Crippen molar-refractivity contribution >= 4 is 30.5 Å². The number of aryl methyl sites for hydroxylation is 1. The molecule has 2 aromatic rings. The van der Waals surface area contributed by atoms with Crippen molar-refractivity contribution < 1.29 is 29.1 Å². The zero-order valence-corrected chi connectivity index (χ0v) is 20.1. The average molecular weight is 456 g/mol. The molecule has 0 fully saturated rings. The van der Waals surface area contributed by atoms with Crippen LogP contribution < -0.4 is 10.8 Å². The largest absolute Gasteiger partial charge is 0.488 e. The van der Waals surface area contributed by atoms with Crippen LogP contribution in [0.15, 0.2) is 42.5 Å². The van der Waals surface area contributed by atoms with Crippen molar-refractivity contribution in [2.24, 2.45) is 0 Å². The maximum absolute atomic E-state index is 12.3. The van der Waals surface area contributed by atoms with E-state index in [1.807, 2.05) is 40.7 Å². The molecule has 3 N–H and O–H groups in total. The Labute approximate surface area is 195 Å². The Morgan fingerprint density at radius 1 is 1.15 bits per heavy atom. The van der Waals surface area contributed by atoms with Crippen molar-refractivity contribution in [2.75, 3.05) is 19.0 Å². The summed E-state index contributed by atoms with van der Waals surface area (Å²) >= 11 is 0. The summed E-state index contributed by atoms with van der Waals surface area (Å²) in [4.78, 5) is 25.9. The third-order valence-electron chi connectivity index (χ3n) is 4.89. The summed E-state index contributed by atoms with van der Waals surface area (Å²) in [6.45, 7) is 9.72. The van der Waals surface area contributed by atoms with Crippen LogP contribution >= 0.6 is 0 Å². The molecule has 2 amide bonds. The smallest absolute Gasteiger partial charge is 0.449 e. The lowest BCUT2D eigenvalue weighted by molar-refractivity contribution is 0.0285. The predicted molar refractivity (Wildman–Crippen MR) is 129 cm³/mol. The third kappa shape index (κ3) is 8.44. The maximum Gasteiger partial charge on any atom is 0.488 e. The van der Waals surface area contributed by atoms with Gasteiger partial charge in [0.05, 0.1) is 6.61 Å². The van der Waals surface area contributed by atoms with Crippen LogP contribution in [0.3, 0.4) is 0 Å². The van der Waals surface area contributed by atoms with Gasteiger partial charge in [-0.15, -0.1) is 0 Å². The Morgan fingerprint density at radius 2 is 1.85 bits per heavy atom. The quantitative estimate of drug-likeness (QED) is 0.552. The SMILES string of the molecule is Cc1cc(B(O)O)ccc1C(C)COC(=O)Nc1cccc(CN(C)C(=O)OC(C)(C)C)c1. The van der Waals surface area contributed by atoms with E-state index in [9.17, 15) is 19.6 Å². The molecule has 0 saturated heterocycles. The average Bonchev–Trinajstić information content (AvgIpc) is 2.70. The molecule has 0 aromatic heterocycles. The second-order valence-electron chi connectivity index (χ2n) is 9.15. The van der Waals surface area contributed by atoms with Crippen LogP contribution in [0.4, 0.5) is 15.3 Å². The standard InChI is InChI=1S/C24H33BN2O6/c1-16-12-19(25(30)31)10-11-21(16)17(2)15-32-22(28)26-20-9-7-8-18(13-20)14-27(6)23(29)33-24(3,4)5/h7-13,17,30-31H,14-15H2,1-6H3,(H,26,28). The van der Waals surface area contributed by atoms with Crippen molar-refractivity contribution in [3.8, 4) is 0 Å². The summed E-state index contributed by atoms with van der Waals surface area (Å²) in [5.41, 5.74) is 3.07. The number of rotatable bonds is 7. The molecule has 0 aliphatic rings. The van der Waals surface area contributed by atoms with E-state index in [1.54, 1.807) is 43.4 Å². The summed E-state index contributed by atoms with van der Waals surface area (Å²) < 4.78 is 10.7. The molecule has 0 aliphatic heterocycles. The van der Waals surface area contributed by atoms with Gasteiger partial charge in [-0.3, -0.25) is 5.32 Å². The molecule has 1 atom stereocenters. The van der Waals surface area contributed by atoms with Gasteiger partial charge in [-0.25, -0.2) is 9.59 Å². The second-order valence-corrected chi connectivity index (χ2v) is 9.15. The number of amides is 2. The Balaban J connectivity index is 1.91. The summed E-state index contributed by atoms with van der Waals surface area (Å²) in [6.07, 6.45) is -1.01. The number of nitrogens with zero attached hydrogens (tertiary/aromatic N) is 1. The van der Waals surface area contributed by atoms with Crippen LogP contribution in [0, 0.1) is 6.92 Å². The molecule has 178 valence electrons. The number of benzene rings is 2. The van der Waals surface area contributed by atoms with Crippen LogP contribution in [0.25, 0.3) is 0 Å². The molecule has 8 nitrogen and oxygen atoms in total. The van der Waals surface area contributed by atoms with Crippen molar-refractivity contribution in [1.82, 2.24) is 4.90 Å². The second kappa shape index (κ2) is 11.2. The predicted octanol–water partition coefficient (Wildman–Crippen LogP) is 3.39. The first-order valence-corrected chi connectivity index (χ1v) is 10.8. The number of carbonyl (C=O) groups excluding carboxylic acids is 2. The van der Waals surface area contributed by atoms with E-state index in [0.717, 1.165) is 16.7 Å². The van der Waals surface area contributed by atoms with Gasteiger partial charge in [-0.05, 0) is 62.0 Å². The highest BCUT2D eigenvalue weighted by Gasteiger charge is 2.20. The summed E-state index contributed by atoms with van der Waals surface area (Å²) in [5, 5.41) is 21.3. The van der Waals surface area contributed by atoms with Crippen LogP contribution in [0.1, 0.15) is 50.3 Å².